The first-order valence-corrected chi connectivity index (χ1v) is 10.4. The minimum Gasteiger partial charge on any atom is -0.493 e. The molecule has 0 bridgehead atoms. The molecule has 1 unspecified atom stereocenters. The highest BCUT2D eigenvalue weighted by atomic mass is 16.5. The molecule has 1 aliphatic carbocycles. The number of benzene rings is 1. The van der Waals surface area contributed by atoms with Gasteiger partial charge in [0.15, 0.2) is 11.5 Å². The van der Waals surface area contributed by atoms with Crippen molar-refractivity contribution in [2.75, 3.05) is 33.9 Å². The molecule has 2 fully saturated rings. The lowest BCUT2D eigenvalue weighted by molar-refractivity contribution is 0.0668. The average molecular weight is 377 g/mol. The number of aliphatic hydroxyl groups is 1. The molecule has 1 aromatic carbocycles. The lowest BCUT2D eigenvalue weighted by Crippen LogP contribution is -2.40. The molecule has 1 heterocycles. The second-order valence-corrected chi connectivity index (χ2v) is 8.59. The van der Waals surface area contributed by atoms with Crippen molar-refractivity contribution in [3.63, 3.8) is 0 Å². The van der Waals surface area contributed by atoms with Crippen LogP contribution in [-0.4, -0.2) is 66.4 Å². The molecule has 0 aromatic heterocycles. The Morgan fingerprint density at radius 3 is 2.63 bits per heavy atom. The lowest BCUT2D eigenvalue weighted by Gasteiger charge is -2.36. The Hall–Kier alpha value is -1.30. The molecular weight excluding hydrogens is 340 g/mol. The molecule has 2 aliphatic rings. The SMILES string of the molecule is COc1cc(CN2CCCCC23CC3)ccc1OCC(O)CN(C)C(C)C. The number of piperidine rings is 1. The summed E-state index contributed by atoms with van der Waals surface area (Å²) in [6, 6.07) is 6.61. The molecule has 1 saturated carbocycles. The summed E-state index contributed by atoms with van der Waals surface area (Å²) in [5.41, 5.74) is 1.76. The van der Waals surface area contributed by atoms with Gasteiger partial charge in [0.1, 0.15) is 12.7 Å². The number of hydrogen-bond acceptors (Lipinski definition) is 5. The van der Waals surface area contributed by atoms with Gasteiger partial charge in [0.2, 0.25) is 0 Å². The van der Waals surface area contributed by atoms with Gasteiger partial charge in [0.05, 0.1) is 7.11 Å². The minimum atomic E-state index is -0.523. The van der Waals surface area contributed by atoms with Crippen molar-refractivity contribution < 1.29 is 14.6 Å². The van der Waals surface area contributed by atoms with Crippen molar-refractivity contribution in [3.8, 4) is 11.5 Å². The first-order valence-electron chi connectivity index (χ1n) is 10.4. The Morgan fingerprint density at radius 2 is 1.96 bits per heavy atom. The van der Waals surface area contributed by atoms with Gasteiger partial charge in [-0.05, 0) is 70.8 Å². The summed E-state index contributed by atoms with van der Waals surface area (Å²) in [6.45, 7) is 7.28. The normalized spacial score (nSPS) is 20.3. The first-order chi connectivity index (χ1) is 12.9. The number of ether oxygens (including phenoxy) is 2. The first kappa shape index (κ1) is 20.4. The maximum atomic E-state index is 10.2. The van der Waals surface area contributed by atoms with E-state index < -0.39 is 6.10 Å². The molecule has 0 amide bonds. The predicted octanol–water partition coefficient (Wildman–Crippen LogP) is 3.29. The van der Waals surface area contributed by atoms with Crippen LogP contribution in [0.3, 0.4) is 0 Å². The van der Waals surface area contributed by atoms with Crippen LogP contribution in [0, 0.1) is 0 Å². The Kier molecular flexibility index (Phi) is 6.66. The third kappa shape index (κ3) is 5.15. The van der Waals surface area contributed by atoms with Crippen LogP contribution in [0.15, 0.2) is 18.2 Å². The zero-order valence-corrected chi connectivity index (χ0v) is 17.4. The highest BCUT2D eigenvalue weighted by Gasteiger charge is 2.48. The molecule has 5 heteroatoms. The summed E-state index contributed by atoms with van der Waals surface area (Å²) in [7, 11) is 3.69. The number of hydrogen-bond donors (Lipinski definition) is 1. The summed E-state index contributed by atoms with van der Waals surface area (Å²) >= 11 is 0. The number of likely N-dealkylation sites (tertiary alicyclic amines) is 1. The number of likely N-dealkylation sites (N-methyl/N-ethyl adjacent to an activating group) is 1. The molecule has 1 aliphatic heterocycles. The highest BCUT2D eigenvalue weighted by molar-refractivity contribution is 5.43. The van der Waals surface area contributed by atoms with Crippen molar-refractivity contribution in [2.24, 2.45) is 0 Å². The summed E-state index contributed by atoms with van der Waals surface area (Å²) in [4.78, 5) is 4.78. The van der Waals surface area contributed by atoms with Gasteiger partial charge < -0.3 is 19.5 Å². The van der Waals surface area contributed by atoms with E-state index in [9.17, 15) is 5.11 Å². The second kappa shape index (κ2) is 8.80. The Balaban J connectivity index is 1.57. The molecule has 1 aromatic rings. The zero-order chi connectivity index (χ0) is 19.4. The molecule has 27 heavy (non-hydrogen) atoms. The van der Waals surface area contributed by atoms with E-state index in [0.717, 1.165) is 12.3 Å². The van der Waals surface area contributed by atoms with E-state index in [2.05, 4.69) is 35.8 Å². The molecule has 1 spiro atoms. The third-order valence-electron chi connectivity index (χ3n) is 6.23. The van der Waals surface area contributed by atoms with E-state index in [-0.39, 0.29) is 6.61 Å². The Morgan fingerprint density at radius 1 is 1.19 bits per heavy atom. The summed E-state index contributed by atoms with van der Waals surface area (Å²) in [5, 5.41) is 10.2. The van der Waals surface area contributed by atoms with Crippen molar-refractivity contribution in [1.29, 1.82) is 0 Å². The number of rotatable bonds is 9. The van der Waals surface area contributed by atoms with E-state index in [1.165, 1.54) is 44.2 Å². The summed E-state index contributed by atoms with van der Waals surface area (Å²) < 4.78 is 11.4. The molecule has 1 atom stereocenters. The molecular formula is C22H36N2O3. The molecule has 1 saturated heterocycles. The van der Waals surface area contributed by atoms with Crippen molar-refractivity contribution in [1.82, 2.24) is 9.80 Å². The fourth-order valence-electron chi connectivity index (χ4n) is 4.04. The van der Waals surface area contributed by atoms with Crippen molar-refractivity contribution in [2.45, 2.75) is 70.2 Å². The Bertz CT molecular complexity index is 616. The monoisotopic (exact) mass is 376 g/mol. The van der Waals surface area contributed by atoms with Gasteiger partial charge in [-0.25, -0.2) is 0 Å². The van der Waals surface area contributed by atoms with E-state index in [0.29, 0.717) is 23.9 Å². The van der Waals surface area contributed by atoms with Crippen LogP contribution in [0.4, 0.5) is 0 Å². The van der Waals surface area contributed by atoms with Gasteiger partial charge in [0, 0.05) is 24.7 Å². The van der Waals surface area contributed by atoms with E-state index in [1.807, 2.05) is 13.1 Å². The van der Waals surface area contributed by atoms with E-state index in [1.54, 1.807) is 7.11 Å². The van der Waals surface area contributed by atoms with Gasteiger partial charge in [0.25, 0.3) is 0 Å². The lowest BCUT2D eigenvalue weighted by atomic mass is 9.99. The fourth-order valence-corrected chi connectivity index (χ4v) is 4.04. The molecule has 1 N–H and O–H groups in total. The number of methoxy groups -OCH3 is 1. The smallest absolute Gasteiger partial charge is 0.161 e. The Labute approximate surface area is 164 Å². The van der Waals surface area contributed by atoms with Crippen LogP contribution in [-0.2, 0) is 6.54 Å². The number of nitrogens with zero attached hydrogens (tertiary/aromatic N) is 2. The van der Waals surface area contributed by atoms with Gasteiger partial charge in [-0.2, -0.15) is 0 Å². The average Bonchev–Trinajstić information content (AvgIpc) is 3.42. The third-order valence-corrected chi connectivity index (χ3v) is 6.23. The summed E-state index contributed by atoms with van der Waals surface area (Å²) in [6.07, 6.45) is 6.23. The zero-order valence-electron chi connectivity index (χ0n) is 17.4. The quantitative estimate of drug-likeness (QED) is 0.716. The maximum Gasteiger partial charge on any atom is 0.161 e. The topological polar surface area (TPSA) is 45.2 Å². The van der Waals surface area contributed by atoms with Crippen LogP contribution in [0.2, 0.25) is 0 Å². The summed E-state index contributed by atoms with van der Waals surface area (Å²) in [5.74, 6) is 1.45. The maximum absolute atomic E-state index is 10.2. The minimum absolute atomic E-state index is 0.266. The van der Waals surface area contributed by atoms with Gasteiger partial charge >= 0.3 is 0 Å². The predicted molar refractivity (Wildman–Crippen MR) is 108 cm³/mol. The van der Waals surface area contributed by atoms with E-state index in [4.69, 9.17) is 9.47 Å². The fraction of sp³-hybridized carbons (Fsp3) is 0.727. The second-order valence-electron chi connectivity index (χ2n) is 8.59. The van der Waals surface area contributed by atoms with Gasteiger partial charge in [-0.1, -0.05) is 12.5 Å². The van der Waals surface area contributed by atoms with E-state index >= 15 is 0 Å². The van der Waals surface area contributed by atoms with Crippen LogP contribution < -0.4 is 9.47 Å². The standard InChI is InChI=1S/C22H36N2O3/c1-17(2)23(3)15-19(25)16-27-20-8-7-18(13-21(20)26-4)14-24-12-6-5-9-22(24)10-11-22/h7-8,13,17,19,25H,5-6,9-12,14-16H2,1-4H3. The van der Waals surface area contributed by atoms with Crippen LogP contribution >= 0.6 is 0 Å². The van der Waals surface area contributed by atoms with Gasteiger partial charge in [-0.3, -0.25) is 4.90 Å². The largest absolute Gasteiger partial charge is 0.493 e. The number of aliphatic hydroxyl groups excluding tert-OH is 1. The molecule has 0 radical (unpaired) electrons. The van der Waals surface area contributed by atoms with Crippen LogP contribution in [0.25, 0.3) is 0 Å². The van der Waals surface area contributed by atoms with Crippen LogP contribution in [0.5, 0.6) is 11.5 Å². The highest BCUT2D eigenvalue weighted by Crippen LogP contribution is 2.49. The van der Waals surface area contributed by atoms with Crippen molar-refractivity contribution >= 4 is 0 Å². The molecule has 3 rings (SSSR count). The van der Waals surface area contributed by atoms with Crippen LogP contribution in [0.1, 0.15) is 51.5 Å². The van der Waals surface area contributed by atoms with Gasteiger partial charge in [-0.15, -0.1) is 0 Å². The molecule has 5 nitrogen and oxygen atoms in total. The molecule has 152 valence electrons. The van der Waals surface area contributed by atoms with Crippen molar-refractivity contribution in [3.05, 3.63) is 23.8 Å².